The second-order valence-corrected chi connectivity index (χ2v) is 8.60. The number of piperidine rings is 2. The van der Waals surface area contributed by atoms with Crippen molar-refractivity contribution in [2.24, 2.45) is 11.8 Å². The minimum absolute atomic E-state index is 0.0112. The molecule has 164 valence electrons. The van der Waals surface area contributed by atoms with E-state index >= 15 is 0 Å². The highest BCUT2D eigenvalue weighted by atomic mass is 16.4. The molecule has 1 amide bonds. The zero-order valence-corrected chi connectivity index (χ0v) is 17.5. The molecule has 1 aromatic heterocycles. The number of amides is 1. The summed E-state index contributed by atoms with van der Waals surface area (Å²) >= 11 is 0. The van der Waals surface area contributed by atoms with Crippen molar-refractivity contribution in [2.45, 2.75) is 57.3 Å². The topological polar surface area (TPSA) is 99.6 Å². The Balaban J connectivity index is 1.55. The third-order valence-electron chi connectivity index (χ3n) is 6.43. The van der Waals surface area contributed by atoms with Crippen molar-refractivity contribution in [2.75, 3.05) is 26.2 Å². The molecule has 2 saturated heterocycles. The highest BCUT2D eigenvalue weighted by Crippen LogP contribution is 2.28. The first kappa shape index (κ1) is 21.0. The third-order valence-corrected chi connectivity index (χ3v) is 6.43. The van der Waals surface area contributed by atoms with Crippen molar-refractivity contribution in [1.29, 1.82) is 0 Å². The Hall–Kier alpha value is -2.28. The molecule has 2 aliphatic rings. The van der Waals surface area contributed by atoms with Crippen LogP contribution in [0.4, 0.5) is 0 Å². The van der Waals surface area contributed by atoms with E-state index in [9.17, 15) is 19.5 Å². The molecule has 2 N–H and O–H groups in total. The Bertz CT molecular complexity index is 765. The van der Waals surface area contributed by atoms with Gasteiger partial charge < -0.3 is 15.3 Å². The molecular weight excluding hydrogens is 382 g/mol. The number of hydrogen-bond donors (Lipinski definition) is 2. The van der Waals surface area contributed by atoms with Gasteiger partial charge in [-0.05, 0) is 62.7 Å². The van der Waals surface area contributed by atoms with Gasteiger partial charge in [0, 0.05) is 50.1 Å². The first-order chi connectivity index (χ1) is 14.9. The van der Waals surface area contributed by atoms with Gasteiger partial charge in [0.25, 0.3) is 0 Å². The summed E-state index contributed by atoms with van der Waals surface area (Å²) in [6.07, 6.45) is 6.78. The van der Waals surface area contributed by atoms with Crippen molar-refractivity contribution in [3.05, 3.63) is 30.1 Å². The molecule has 0 bridgehead atoms. The first-order valence-corrected chi connectivity index (χ1v) is 11.1. The number of hydrogen-bond acceptors (Lipinski definition) is 5. The third kappa shape index (κ3) is 6.62. The lowest BCUT2D eigenvalue weighted by atomic mass is 9.84. The van der Waals surface area contributed by atoms with Gasteiger partial charge in [-0.15, -0.1) is 0 Å². The molecule has 0 unspecified atom stereocenters. The summed E-state index contributed by atoms with van der Waals surface area (Å²) in [4.78, 5) is 42.8. The summed E-state index contributed by atoms with van der Waals surface area (Å²) < 4.78 is 7.50. The lowest BCUT2D eigenvalue weighted by Gasteiger charge is -2.33. The van der Waals surface area contributed by atoms with Gasteiger partial charge in [0.15, 0.2) is 0 Å². The highest BCUT2D eigenvalue weighted by molar-refractivity contribution is 5.84. The molecule has 2 fully saturated rings. The van der Waals surface area contributed by atoms with Crippen molar-refractivity contribution < 1.29 is 20.9 Å². The van der Waals surface area contributed by atoms with Gasteiger partial charge in [-0.2, -0.15) is 0 Å². The number of ketones is 1. The smallest absolute Gasteiger partial charge is 0.303 e. The maximum atomic E-state index is 13.0. The average Bonchev–Trinajstić information content (AvgIpc) is 2.78. The van der Waals surface area contributed by atoms with Crippen LogP contribution in [0.2, 0.25) is 0 Å². The van der Waals surface area contributed by atoms with E-state index in [0.29, 0.717) is 31.0 Å². The second kappa shape index (κ2) is 11.2. The maximum absolute atomic E-state index is 13.0. The van der Waals surface area contributed by atoms with E-state index in [1.807, 2.05) is 4.90 Å². The molecule has 7 heteroatoms. The number of aliphatic carboxylic acids is 1. The van der Waals surface area contributed by atoms with Crippen LogP contribution in [0.5, 0.6) is 0 Å². The predicted molar refractivity (Wildman–Crippen MR) is 113 cm³/mol. The number of likely N-dealkylation sites (tertiary alicyclic amines) is 1. The van der Waals surface area contributed by atoms with Gasteiger partial charge in [0.1, 0.15) is 5.78 Å². The van der Waals surface area contributed by atoms with Crippen molar-refractivity contribution in [1.82, 2.24) is 15.2 Å². The molecule has 7 nitrogen and oxygen atoms in total. The zero-order valence-electron chi connectivity index (χ0n) is 18.5. The maximum Gasteiger partial charge on any atom is 0.303 e. The molecule has 0 spiro atoms. The van der Waals surface area contributed by atoms with Crippen molar-refractivity contribution in [3.63, 3.8) is 0 Å². The molecule has 2 atom stereocenters. The van der Waals surface area contributed by atoms with Crippen LogP contribution in [-0.4, -0.2) is 58.8 Å². The van der Waals surface area contributed by atoms with E-state index in [-0.39, 0.29) is 36.6 Å². The van der Waals surface area contributed by atoms with Crippen LogP contribution >= 0.6 is 0 Å². The van der Waals surface area contributed by atoms with Gasteiger partial charge in [-0.3, -0.25) is 19.4 Å². The van der Waals surface area contributed by atoms with E-state index < -0.39 is 11.9 Å². The molecule has 2 aliphatic heterocycles. The normalized spacial score (nSPS) is 21.7. The van der Waals surface area contributed by atoms with Gasteiger partial charge in [0.05, 0.1) is 7.79 Å². The lowest BCUT2D eigenvalue weighted by Crippen LogP contribution is -2.42. The van der Waals surface area contributed by atoms with E-state index in [1.54, 1.807) is 6.07 Å². The quantitative estimate of drug-likeness (QED) is 0.641. The average molecular weight is 418 g/mol. The largest absolute Gasteiger partial charge is 0.481 e. The van der Waals surface area contributed by atoms with Crippen LogP contribution in [0.1, 0.15) is 64.2 Å². The van der Waals surface area contributed by atoms with Crippen LogP contribution in [0.15, 0.2) is 24.5 Å². The number of rotatable bonds is 9. The standard InChI is InChI=1S/C23H33N3O4/c27-21(13-20(14-23(29)30)18-3-1-9-25-15-18)19-4-2-12-26(16-19)22(28)6-5-17-7-10-24-11-8-17/h1,3,9,15,17,19-20,24H,2,4-8,10-14,16H2,(H,29,30)/t19-,20+/m1/s1/i9T. The SMILES string of the molecule is [3H]c1ccc([C@H](CC(=O)O)CC(=O)[C@@H]2CCCN(C(=O)CCC3CCNCC3)C2)cn1. The summed E-state index contributed by atoms with van der Waals surface area (Å²) in [6.45, 7) is 3.18. The fourth-order valence-electron chi connectivity index (χ4n) is 4.62. The van der Waals surface area contributed by atoms with Gasteiger partial charge in [-0.1, -0.05) is 6.07 Å². The van der Waals surface area contributed by atoms with Crippen LogP contribution < -0.4 is 5.32 Å². The summed E-state index contributed by atoms with van der Waals surface area (Å²) in [7, 11) is 0. The minimum atomic E-state index is -0.967. The van der Waals surface area contributed by atoms with E-state index in [2.05, 4.69) is 10.3 Å². The number of nitrogens with zero attached hydrogens (tertiary/aromatic N) is 2. The predicted octanol–water partition coefficient (Wildman–Crippen LogP) is 2.62. The fourth-order valence-corrected chi connectivity index (χ4v) is 4.62. The number of carbonyl (C=O) groups excluding carboxylic acids is 2. The monoisotopic (exact) mass is 417 g/mol. The van der Waals surface area contributed by atoms with Gasteiger partial charge >= 0.3 is 5.97 Å². The van der Waals surface area contributed by atoms with Crippen LogP contribution in [0, 0.1) is 11.8 Å². The molecule has 3 heterocycles. The Morgan fingerprint density at radius 1 is 1.27 bits per heavy atom. The van der Waals surface area contributed by atoms with E-state index in [0.717, 1.165) is 45.2 Å². The number of nitrogens with one attached hydrogen (secondary N) is 1. The molecule has 0 aliphatic carbocycles. The van der Waals surface area contributed by atoms with Gasteiger partial charge in [0.2, 0.25) is 5.91 Å². The summed E-state index contributed by atoms with van der Waals surface area (Å²) in [5.74, 6) is -0.926. The van der Waals surface area contributed by atoms with Crippen LogP contribution in [-0.2, 0) is 14.4 Å². The number of carboxylic acids is 1. The summed E-state index contributed by atoms with van der Waals surface area (Å²) in [6, 6.07) is 3.19. The van der Waals surface area contributed by atoms with Crippen LogP contribution in [0.25, 0.3) is 0 Å². The second-order valence-electron chi connectivity index (χ2n) is 8.60. The highest BCUT2D eigenvalue weighted by Gasteiger charge is 2.30. The van der Waals surface area contributed by atoms with Crippen molar-refractivity contribution >= 4 is 17.7 Å². The molecule has 0 radical (unpaired) electrons. The van der Waals surface area contributed by atoms with Gasteiger partial charge in [-0.25, -0.2) is 0 Å². The van der Waals surface area contributed by atoms with Crippen molar-refractivity contribution in [3.8, 4) is 0 Å². The number of carboxylic acid groups (broad SMARTS) is 1. The number of carbonyl (C=O) groups is 3. The Morgan fingerprint density at radius 2 is 2.07 bits per heavy atom. The molecule has 3 rings (SSSR count). The number of pyridine rings is 1. The molecule has 1 aromatic rings. The van der Waals surface area contributed by atoms with E-state index in [1.165, 1.54) is 12.3 Å². The first-order valence-electron chi connectivity index (χ1n) is 11.6. The summed E-state index contributed by atoms with van der Waals surface area (Å²) in [5, 5.41) is 12.6. The lowest BCUT2D eigenvalue weighted by molar-refractivity contribution is -0.137. The molecule has 0 aromatic carbocycles. The Labute approximate surface area is 179 Å². The minimum Gasteiger partial charge on any atom is -0.481 e. The summed E-state index contributed by atoms with van der Waals surface area (Å²) in [5.41, 5.74) is 0.664. The Morgan fingerprint density at radius 3 is 2.77 bits per heavy atom. The molecule has 0 saturated carbocycles. The van der Waals surface area contributed by atoms with E-state index in [4.69, 9.17) is 1.37 Å². The van der Waals surface area contributed by atoms with Crippen LogP contribution in [0.3, 0.4) is 0 Å². The zero-order chi connectivity index (χ0) is 22.2. The number of Topliss-reactive ketones (excluding diaryl/α,β-unsaturated/α-hetero) is 1. The molecule has 30 heavy (non-hydrogen) atoms. The number of aromatic nitrogens is 1. The molecular formula is C23H33N3O4. The Kier molecular flexibility index (Phi) is 7.83. The fraction of sp³-hybridized carbons (Fsp3) is 0.652.